The van der Waals surface area contributed by atoms with Gasteiger partial charge in [-0.1, -0.05) is 58.1 Å². The van der Waals surface area contributed by atoms with Gasteiger partial charge in [0.2, 0.25) is 5.91 Å². The number of hydrogen-bond acceptors (Lipinski definition) is 4. The third-order valence-corrected chi connectivity index (χ3v) is 5.68. The van der Waals surface area contributed by atoms with Gasteiger partial charge in [0.1, 0.15) is 6.04 Å². The Morgan fingerprint density at radius 1 is 1.07 bits per heavy atom. The van der Waals surface area contributed by atoms with E-state index in [2.05, 4.69) is 24.1 Å². The molecule has 1 unspecified atom stereocenters. The molecule has 2 aliphatic rings. The van der Waals surface area contributed by atoms with Crippen molar-refractivity contribution in [2.45, 2.75) is 70.8 Å². The average molecular weight is 398 g/mol. The van der Waals surface area contributed by atoms with Crippen LogP contribution in [0.25, 0.3) is 0 Å². The summed E-state index contributed by atoms with van der Waals surface area (Å²) in [4.78, 5) is 39.4. The van der Waals surface area contributed by atoms with Gasteiger partial charge in [-0.25, -0.2) is 0 Å². The molecule has 0 aromatic heterocycles. The van der Waals surface area contributed by atoms with Crippen molar-refractivity contribution < 1.29 is 14.4 Å². The Morgan fingerprint density at radius 3 is 2.52 bits per heavy atom. The molecule has 0 bridgehead atoms. The first kappa shape index (κ1) is 21.1. The van der Waals surface area contributed by atoms with E-state index in [0.717, 1.165) is 24.3 Å². The van der Waals surface area contributed by atoms with Gasteiger partial charge in [-0.15, -0.1) is 0 Å². The second kappa shape index (κ2) is 9.72. The molecule has 1 fully saturated rings. The first-order chi connectivity index (χ1) is 14.0. The third kappa shape index (κ3) is 4.69. The molecule has 2 N–H and O–H groups in total. The molecule has 0 radical (unpaired) electrons. The van der Waals surface area contributed by atoms with E-state index in [1.165, 1.54) is 32.1 Å². The van der Waals surface area contributed by atoms with Crippen molar-refractivity contribution in [2.75, 3.05) is 11.9 Å². The SMILES string of the molecule is C=C1CCC(N2C(=O)c3cccc(NCCCCCCCCC)c3C2=O)C(=O)N1. The van der Waals surface area contributed by atoms with Gasteiger partial charge >= 0.3 is 0 Å². The zero-order valence-electron chi connectivity index (χ0n) is 17.3. The van der Waals surface area contributed by atoms with Gasteiger partial charge in [0.05, 0.1) is 11.1 Å². The minimum atomic E-state index is -0.774. The van der Waals surface area contributed by atoms with Crippen molar-refractivity contribution in [3.05, 3.63) is 41.6 Å². The average Bonchev–Trinajstić information content (AvgIpc) is 2.95. The smallest absolute Gasteiger partial charge is 0.264 e. The van der Waals surface area contributed by atoms with Crippen LogP contribution >= 0.6 is 0 Å². The highest BCUT2D eigenvalue weighted by molar-refractivity contribution is 6.25. The number of piperidine rings is 1. The van der Waals surface area contributed by atoms with Gasteiger partial charge in [0.15, 0.2) is 0 Å². The molecule has 6 nitrogen and oxygen atoms in total. The minimum absolute atomic E-state index is 0.340. The summed E-state index contributed by atoms with van der Waals surface area (Å²) in [5.74, 6) is -1.12. The normalized spacial score (nSPS) is 18.8. The predicted octanol–water partition coefficient (Wildman–Crippen LogP) is 4.24. The van der Waals surface area contributed by atoms with Gasteiger partial charge in [0.25, 0.3) is 11.8 Å². The van der Waals surface area contributed by atoms with Crippen LogP contribution in [-0.4, -0.2) is 35.2 Å². The summed E-state index contributed by atoms with van der Waals surface area (Å²) < 4.78 is 0. The van der Waals surface area contributed by atoms with Gasteiger partial charge in [0, 0.05) is 17.9 Å². The Bertz CT molecular complexity index is 803. The van der Waals surface area contributed by atoms with Gasteiger partial charge < -0.3 is 10.6 Å². The molecule has 3 amide bonds. The van der Waals surface area contributed by atoms with Crippen molar-refractivity contribution >= 4 is 23.4 Å². The second-order valence-electron chi connectivity index (χ2n) is 7.90. The Balaban J connectivity index is 1.61. The van der Waals surface area contributed by atoms with E-state index in [1.807, 2.05) is 6.07 Å². The molecular formula is C23H31N3O3. The van der Waals surface area contributed by atoms with Gasteiger partial charge in [-0.3, -0.25) is 19.3 Å². The fraction of sp³-hybridized carbons (Fsp3) is 0.522. The van der Waals surface area contributed by atoms with Gasteiger partial charge in [-0.05, 0) is 31.4 Å². The number of rotatable bonds is 10. The highest BCUT2D eigenvalue weighted by Crippen LogP contribution is 2.32. The van der Waals surface area contributed by atoms with Crippen molar-refractivity contribution in [3.63, 3.8) is 0 Å². The third-order valence-electron chi connectivity index (χ3n) is 5.68. The van der Waals surface area contributed by atoms with Crippen LogP contribution in [0.4, 0.5) is 5.69 Å². The maximum absolute atomic E-state index is 13.1. The molecule has 1 aromatic carbocycles. The minimum Gasteiger partial charge on any atom is -0.384 e. The van der Waals surface area contributed by atoms with Crippen LogP contribution in [0.2, 0.25) is 0 Å². The molecule has 2 aliphatic heterocycles. The summed E-state index contributed by atoms with van der Waals surface area (Å²) in [5.41, 5.74) is 2.06. The number of imide groups is 1. The summed E-state index contributed by atoms with van der Waals surface area (Å²) in [5, 5.41) is 5.99. The van der Waals surface area contributed by atoms with Crippen molar-refractivity contribution in [2.24, 2.45) is 0 Å². The summed E-state index contributed by atoms with van der Waals surface area (Å²) in [6, 6.07) is 4.50. The lowest BCUT2D eigenvalue weighted by atomic mass is 10.0. The Kier molecular flexibility index (Phi) is 7.07. The van der Waals surface area contributed by atoms with E-state index >= 15 is 0 Å². The lowest BCUT2D eigenvalue weighted by Crippen LogP contribution is -2.51. The molecule has 1 aromatic rings. The van der Waals surface area contributed by atoms with Crippen molar-refractivity contribution in [1.29, 1.82) is 0 Å². The number of benzene rings is 1. The summed E-state index contributed by atoms with van der Waals surface area (Å²) in [6.45, 7) is 6.73. The Labute approximate surface area is 172 Å². The molecule has 156 valence electrons. The van der Waals surface area contributed by atoms with Crippen LogP contribution in [0.3, 0.4) is 0 Å². The zero-order chi connectivity index (χ0) is 20.8. The number of carbonyl (C=O) groups is 3. The monoisotopic (exact) mass is 397 g/mol. The van der Waals surface area contributed by atoms with E-state index in [4.69, 9.17) is 0 Å². The molecule has 29 heavy (non-hydrogen) atoms. The molecule has 3 rings (SSSR count). The first-order valence-electron chi connectivity index (χ1n) is 10.8. The van der Waals surface area contributed by atoms with E-state index in [-0.39, 0.29) is 11.8 Å². The van der Waals surface area contributed by atoms with Crippen LogP contribution in [0, 0.1) is 0 Å². The molecular weight excluding hydrogens is 366 g/mol. The molecule has 2 heterocycles. The molecule has 1 atom stereocenters. The van der Waals surface area contributed by atoms with Crippen LogP contribution in [0.15, 0.2) is 30.5 Å². The van der Waals surface area contributed by atoms with Gasteiger partial charge in [-0.2, -0.15) is 0 Å². The largest absolute Gasteiger partial charge is 0.384 e. The first-order valence-corrected chi connectivity index (χ1v) is 10.8. The number of allylic oxidation sites excluding steroid dienone is 1. The van der Waals surface area contributed by atoms with E-state index in [0.29, 0.717) is 35.4 Å². The van der Waals surface area contributed by atoms with Crippen molar-refractivity contribution in [3.8, 4) is 0 Å². The summed E-state index contributed by atoms with van der Waals surface area (Å²) in [6.07, 6.45) is 9.49. The molecule has 0 saturated carbocycles. The number of nitrogens with one attached hydrogen (secondary N) is 2. The molecule has 1 saturated heterocycles. The fourth-order valence-electron chi connectivity index (χ4n) is 4.05. The number of carbonyl (C=O) groups excluding carboxylic acids is 3. The maximum atomic E-state index is 13.1. The molecule has 6 heteroatoms. The summed E-state index contributed by atoms with van der Waals surface area (Å²) in [7, 11) is 0. The fourth-order valence-corrected chi connectivity index (χ4v) is 4.05. The standard InChI is InChI=1S/C23H31N3O3/c1-3-4-5-6-7-8-9-15-24-18-12-10-11-17-20(18)23(29)26(22(17)28)19-14-13-16(2)25-21(19)27/h10-12,19,24H,2-9,13-15H2,1H3,(H,25,27). The number of amides is 3. The van der Waals surface area contributed by atoms with Crippen LogP contribution in [0.1, 0.15) is 85.4 Å². The quantitative estimate of drug-likeness (QED) is 0.457. The number of unbranched alkanes of at least 4 members (excludes halogenated alkanes) is 6. The number of hydrogen-bond donors (Lipinski definition) is 2. The predicted molar refractivity (Wildman–Crippen MR) is 114 cm³/mol. The molecule has 0 aliphatic carbocycles. The van der Waals surface area contributed by atoms with E-state index < -0.39 is 11.9 Å². The van der Waals surface area contributed by atoms with E-state index in [1.54, 1.807) is 12.1 Å². The lowest BCUT2D eigenvalue weighted by molar-refractivity contribution is -0.125. The summed E-state index contributed by atoms with van der Waals surface area (Å²) >= 11 is 0. The van der Waals surface area contributed by atoms with Crippen LogP contribution < -0.4 is 10.6 Å². The zero-order valence-corrected chi connectivity index (χ0v) is 17.3. The van der Waals surface area contributed by atoms with E-state index in [9.17, 15) is 14.4 Å². The number of nitrogens with zero attached hydrogens (tertiary/aromatic N) is 1. The molecule has 0 spiro atoms. The lowest BCUT2D eigenvalue weighted by Gasteiger charge is -2.29. The Morgan fingerprint density at radius 2 is 1.79 bits per heavy atom. The number of fused-ring (bicyclic) bond motifs is 1. The van der Waals surface area contributed by atoms with Crippen LogP contribution in [-0.2, 0) is 4.79 Å². The van der Waals surface area contributed by atoms with Crippen molar-refractivity contribution in [1.82, 2.24) is 10.2 Å². The second-order valence-corrected chi connectivity index (χ2v) is 7.90. The van der Waals surface area contributed by atoms with Crippen LogP contribution in [0.5, 0.6) is 0 Å². The number of anilines is 1. The topological polar surface area (TPSA) is 78.5 Å². The highest BCUT2D eigenvalue weighted by Gasteiger charge is 2.44. The maximum Gasteiger partial charge on any atom is 0.264 e. The highest BCUT2D eigenvalue weighted by atomic mass is 16.2. The Hall–Kier alpha value is -2.63.